The number of aryl methyl sites for hydroxylation is 1. The van der Waals surface area contributed by atoms with Gasteiger partial charge in [-0.25, -0.2) is 36.8 Å². The Hall–Kier alpha value is -4.37. The molecule has 2 unspecified atom stereocenters. The fourth-order valence-electron chi connectivity index (χ4n) is 8.42. The van der Waals surface area contributed by atoms with Crippen LogP contribution in [0.4, 0.5) is 39.5 Å². The van der Waals surface area contributed by atoms with Gasteiger partial charge in [0.1, 0.15) is 11.6 Å². The number of likely N-dealkylation sites (N-methyl/N-ethyl adjacent to an activating group) is 1. The van der Waals surface area contributed by atoms with Gasteiger partial charge in [0.2, 0.25) is 0 Å². The van der Waals surface area contributed by atoms with Crippen LogP contribution in [0.15, 0.2) is 83.8 Å². The van der Waals surface area contributed by atoms with E-state index < -0.39 is 54.0 Å². The van der Waals surface area contributed by atoms with Crippen LogP contribution in [-0.4, -0.2) is 62.1 Å². The van der Waals surface area contributed by atoms with Crippen molar-refractivity contribution < 1.29 is 39.5 Å². The summed E-state index contributed by atoms with van der Waals surface area (Å²) in [5, 5.41) is 5.85. The summed E-state index contributed by atoms with van der Waals surface area (Å²) in [6.45, 7) is 12.1. The van der Waals surface area contributed by atoms with Gasteiger partial charge in [-0.3, -0.25) is 20.0 Å². The van der Waals surface area contributed by atoms with Gasteiger partial charge in [-0.1, -0.05) is 47.5 Å². The SMILES string of the molecule is CCC.CCC1=C2C=C(c3cnc(CC4(C(C)(F)F)CCC4)c(F)c3)C=CN2N(C)C1CC.CCC1NN2C=CC(c3cnc(CCC(F)(F)F)c(F)c3)=CC2=C1C(C)(F)F. The second-order valence-electron chi connectivity index (χ2n) is 16.4. The third-order valence-electron chi connectivity index (χ3n) is 11.9. The Labute approximate surface area is 353 Å². The quantitative estimate of drug-likeness (QED) is 0.227. The molecule has 6 nitrogen and oxygen atoms in total. The molecule has 2 aromatic rings. The summed E-state index contributed by atoms with van der Waals surface area (Å²) in [5.74, 6) is -7.23. The second kappa shape index (κ2) is 18.9. The van der Waals surface area contributed by atoms with E-state index >= 15 is 0 Å². The molecule has 1 N–H and O–H groups in total. The van der Waals surface area contributed by atoms with Crippen molar-refractivity contribution in [2.24, 2.45) is 5.41 Å². The Morgan fingerprint density at radius 2 is 1.34 bits per heavy atom. The highest BCUT2D eigenvalue weighted by Crippen LogP contribution is 2.54. The number of nitrogens with one attached hydrogen (secondary N) is 1. The number of hydrogen-bond donors (Lipinski definition) is 1. The molecule has 0 aromatic carbocycles. The molecule has 61 heavy (non-hydrogen) atoms. The van der Waals surface area contributed by atoms with Gasteiger partial charge < -0.3 is 0 Å². The highest BCUT2D eigenvalue weighted by atomic mass is 19.4. The lowest BCUT2D eigenvalue weighted by atomic mass is 9.62. The van der Waals surface area contributed by atoms with E-state index in [9.17, 15) is 39.5 Å². The molecular weight excluding hydrogens is 808 g/mol. The molecule has 0 bridgehead atoms. The van der Waals surface area contributed by atoms with Gasteiger partial charge in [-0.2, -0.15) is 13.2 Å². The number of fused-ring (bicyclic) bond motifs is 2. The van der Waals surface area contributed by atoms with Crippen LogP contribution in [0.1, 0.15) is 122 Å². The normalized spacial score (nSPS) is 21.0. The number of nitrogens with zero attached hydrogens (tertiary/aromatic N) is 5. The third-order valence-corrected chi connectivity index (χ3v) is 11.9. The Kier molecular flexibility index (Phi) is 14.8. The first-order valence-corrected chi connectivity index (χ1v) is 21.1. The van der Waals surface area contributed by atoms with Crippen LogP contribution in [0.5, 0.6) is 0 Å². The first-order chi connectivity index (χ1) is 28.6. The molecule has 0 radical (unpaired) electrons. The van der Waals surface area contributed by atoms with Crippen molar-refractivity contribution in [1.29, 1.82) is 0 Å². The van der Waals surface area contributed by atoms with Crippen molar-refractivity contribution >= 4 is 11.1 Å². The largest absolute Gasteiger partial charge is 0.389 e. The van der Waals surface area contributed by atoms with Crippen molar-refractivity contribution in [2.45, 2.75) is 143 Å². The molecule has 0 spiro atoms. The van der Waals surface area contributed by atoms with Crippen molar-refractivity contribution in [3.05, 3.63) is 118 Å². The van der Waals surface area contributed by atoms with Crippen LogP contribution >= 0.6 is 0 Å². The summed E-state index contributed by atoms with van der Waals surface area (Å²) in [6, 6.07) is 2.34. The van der Waals surface area contributed by atoms with E-state index in [2.05, 4.69) is 66.2 Å². The number of aromatic nitrogens is 2. The molecule has 4 aliphatic heterocycles. The average molecular weight is 865 g/mol. The Bertz CT molecular complexity index is 2080. The van der Waals surface area contributed by atoms with Gasteiger partial charge in [-0.05, 0) is 92.2 Å². The molecule has 6 heterocycles. The number of rotatable bonds is 11. The number of hydrogen-bond acceptors (Lipinski definition) is 6. The lowest BCUT2D eigenvalue weighted by Crippen LogP contribution is -2.46. The van der Waals surface area contributed by atoms with E-state index in [1.165, 1.54) is 35.3 Å². The van der Waals surface area contributed by atoms with E-state index in [1.807, 2.05) is 12.3 Å². The van der Waals surface area contributed by atoms with E-state index in [-0.39, 0.29) is 29.1 Å². The molecule has 1 saturated carbocycles. The highest BCUT2D eigenvalue weighted by Gasteiger charge is 2.54. The first kappa shape index (κ1) is 47.7. The minimum atomic E-state index is -4.40. The Balaban J connectivity index is 0.000000218. The maximum Gasteiger partial charge on any atom is 0.389 e. The zero-order valence-electron chi connectivity index (χ0n) is 36.1. The van der Waals surface area contributed by atoms with Gasteiger partial charge in [0.25, 0.3) is 11.8 Å². The molecular formula is C46H57F9N6. The number of hydrazine groups is 2. The number of allylic oxidation sites excluding steroid dienone is 6. The molecule has 1 aliphatic carbocycles. The molecule has 0 amide bonds. The molecule has 334 valence electrons. The van der Waals surface area contributed by atoms with Gasteiger partial charge in [0, 0.05) is 80.1 Å². The van der Waals surface area contributed by atoms with E-state index in [4.69, 9.17) is 0 Å². The molecule has 7 rings (SSSR count). The van der Waals surface area contributed by atoms with Crippen molar-refractivity contribution in [3.63, 3.8) is 0 Å². The minimum absolute atomic E-state index is 0.0145. The topological polar surface area (TPSA) is 47.5 Å². The average Bonchev–Trinajstić information content (AvgIpc) is 3.69. The second-order valence-corrected chi connectivity index (χ2v) is 16.4. The van der Waals surface area contributed by atoms with Gasteiger partial charge >= 0.3 is 6.18 Å². The smallest absolute Gasteiger partial charge is 0.283 e. The van der Waals surface area contributed by atoms with Gasteiger partial charge in [0.05, 0.1) is 34.9 Å². The van der Waals surface area contributed by atoms with E-state index in [0.717, 1.165) is 50.4 Å². The first-order valence-electron chi connectivity index (χ1n) is 21.1. The predicted molar refractivity (Wildman–Crippen MR) is 221 cm³/mol. The van der Waals surface area contributed by atoms with Crippen LogP contribution in [0.25, 0.3) is 11.1 Å². The van der Waals surface area contributed by atoms with Crippen molar-refractivity contribution in [1.82, 2.24) is 30.4 Å². The third kappa shape index (κ3) is 10.5. The fraction of sp³-hybridized carbons (Fsp3) is 0.522. The molecule has 1 fully saturated rings. The van der Waals surface area contributed by atoms with Gasteiger partial charge in [0.15, 0.2) is 0 Å². The fourth-order valence-corrected chi connectivity index (χ4v) is 8.42. The Morgan fingerprint density at radius 3 is 1.80 bits per heavy atom. The summed E-state index contributed by atoms with van der Waals surface area (Å²) in [5.41, 5.74) is 6.69. The van der Waals surface area contributed by atoms with Crippen LogP contribution < -0.4 is 5.43 Å². The lowest BCUT2D eigenvalue weighted by molar-refractivity contribution is -0.148. The number of halogens is 9. The minimum Gasteiger partial charge on any atom is -0.283 e. The van der Waals surface area contributed by atoms with Crippen molar-refractivity contribution in [2.75, 3.05) is 7.05 Å². The maximum absolute atomic E-state index is 14.9. The molecule has 15 heteroatoms. The van der Waals surface area contributed by atoms with Crippen LogP contribution in [0, 0.1) is 17.0 Å². The molecule has 2 atom stereocenters. The highest BCUT2D eigenvalue weighted by molar-refractivity contribution is 5.78. The summed E-state index contributed by atoms with van der Waals surface area (Å²) >= 11 is 0. The Morgan fingerprint density at radius 1 is 0.787 bits per heavy atom. The monoisotopic (exact) mass is 864 g/mol. The maximum atomic E-state index is 14.9. The zero-order valence-corrected chi connectivity index (χ0v) is 36.1. The van der Waals surface area contributed by atoms with Crippen LogP contribution in [0.3, 0.4) is 0 Å². The zero-order chi connectivity index (χ0) is 45.1. The predicted octanol–water partition coefficient (Wildman–Crippen LogP) is 12.7. The molecule has 0 saturated heterocycles. The summed E-state index contributed by atoms with van der Waals surface area (Å²) in [4.78, 5) is 8.08. The van der Waals surface area contributed by atoms with Gasteiger partial charge in [-0.15, -0.1) is 0 Å². The van der Waals surface area contributed by atoms with Crippen LogP contribution in [-0.2, 0) is 12.8 Å². The molecule has 5 aliphatic rings. The number of pyridine rings is 2. The van der Waals surface area contributed by atoms with E-state index in [1.54, 1.807) is 25.4 Å². The summed E-state index contributed by atoms with van der Waals surface area (Å²) in [7, 11) is 2.08. The standard InChI is InChI=1S/C24H30F3N3.C19H19F6N3.C3H8/c1-5-18-21(6-2)29(4)30-11-8-16(13-22(18)30)17-12-19(25)20(28-15-17)14-24(9-7-10-24)23(3,26)27;1-3-14-17(18(2,21)22)16-9-11(5-7-28(16)27-14)12-8-13(20)15(26-10-12)4-6-19(23,24)25;1-3-2/h8,11-13,15,21H,5-7,9-10,14H2,1-4H3;5,7-10,14,27H,3-4,6H2,1-2H3;3H2,1-2H3. The number of alkyl halides is 7. The lowest BCUT2D eigenvalue weighted by Gasteiger charge is -2.46. The summed E-state index contributed by atoms with van der Waals surface area (Å²) in [6.07, 6.45) is 12.7. The van der Waals surface area contributed by atoms with Crippen LogP contribution in [0.2, 0.25) is 0 Å². The molecule has 2 aromatic heterocycles. The van der Waals surface area contributed by atoms with E-state index in [0.29, 0.717) is 42.0 Å². The summed E-state index contributed by atoms with van der Waals surface area (Å²) < 4.78 is 122. The van der Waals surface area contributed by atoms with Crippen molar-refractivity contribution in [3.8, 4) is 0 Å².